The second kappa shape index (κ2) is 17.4. The van der Waals surface area contributed by atoms with Gasteiger partial charge in [-0.15, -0.1) is 0 Å². The highest BCUT2D eigenvalue weighted by atomic mass is 32.2. The van der Waals surface area contributed by atoms with E-state index in [4.69, 9.17) is 14.2 Å². The molecule has 0 aromatic heterocycles. The number of carbonyl (C=O) groups excluding carboxylic acids is 6. The standard InChI is InChI=1S/C20H34BN5O9S/c1-22-19(31)34-11-13(12-35-20(32)23-2)33-9-3-4-15(27)24-6-7-25-16(28)5-8-26-17(29)10-14(36-21)18(26)30/h13-14H,3-12,21H2,1-2H3,(H,22,31)(H,23,32)(H,24,27)(H,25,28). The number of imide groups is 1. The van der Waals surface area contributed by atoms with E-state index in [0.717, 1.165) is 4.90 Å². The molecule has 0 aromatic carbocycles. The zero-order valence-corrected chi connectivity index (χ0v) is 21.6. The Balaban J connectivity index is 2.18. The Morgan fingerprint density at radius 1 is 1.00 bits per heavy atom. The Bertz CT molecular complexity index is 769. The van der Waals surface area contributed by atoms with Crippen molar-refractivity contribution in [3.8, 4) is 0 Å². The summed E-state index contributed by atoms with van der Waals surface area (Å²) in [5, 5.41) is 9.50. The Morgan fingerprint density at radius 2 is 1.56 bits per heavy atom. The molecule has 0 aromatic rings. The molecule has 1 unspecified atom stereocenters. The van der Waals surface area contributed by atoms with Gasteiger partial charge in [0.15, 0.2) is 7.12 Å². The van der Waals surface area contributed by atoms with Gasteiger partial charge in [-0.2, -0.15) is 0 Å². The van der Waals surface area contributed by atoms with E-state index < -0.39 is 18.3 Å². The summed E-state index contributed by atoms with van der Waals surface area (Å²) < 4.78 is 15.4. The number of rotatable bonds is 16. The van der Waals surface area contributed by atoms with E-state index >= 15 is 0 Å². The minimum atomic E-state index is -0.698. The summed E-state index contributed by atoms with van der Waals surface area (Å²) in [4.78, 5) is 71.4. The normalized spacial score (nSPS) is 15.0. The average molecular weight is 531 g/mol. The first-order valence-electron chi connectivity index (χ1n) is 11.4. The van der Waals surface area contributed by atoms with Crippen molar-refractivity contribution >= 4 is 54.6 Å². The molecule has 0 spiro atoms. The second-order valence-corrected chi connectivity index (χ2v) is 8.60. The predicted molar refractivity (Wildman–Crippen MR) is 132 cm³/mol. The van der Waals surface area contributed by atoms with Crippen molar-refractivity contribution in [3.05, 3.63) is 0 Å². The summed E-state index contributed by atoms with van der Waals surface area (Å²) in [6.07, 6.45) is -1.33. The SMILES string of the molecule is BSC1CC(=O)N(CCC(=O)NCCNC(=O)CCCOC(COC(=O)NC)COC(=O)NC)C1=O. The maximum atomic E-state index is 12.0. The maximum Gasteiger partial charge on any atom is 0.406 e. The van der Waals surface area contributed by atoms with Crippen molar-refractivity contribution < 1.29 is 43.0 Å². The van der Waals surface area contributed by atoms with Crippen molar-refractivity contribution in [1.29, 1.82) is 0 Å². The third-order valence-electron chi connectivity index (χ3n) is 4.93. The van der Waals surface area contributed by atoms with Crippen LogP contribution in [0.3, 0.4) is 0 Å². The number of likely N-dealkylation sites (tertiary alicyclic amines) is 1. The molecule has 1 aliphatic heterocycles. The number of hydrogen-bond acceptors (Lipinski definition) is 10. The minimum Gasteiger partial charge on any atom is -0.447 e. The van der Waals surface area contributed by atoms with Gasteiger partial charge < -0.3 is 35.5 Å². The van der Waals surface area contributed by atoms with E-state index in [1.807, 2.05) is 0 Å². The second-order valence-electron chi connectivity index (χ2n) is 7.56. The van der Waals surface area contributed by atoms with Crippen LogP contribution >= 0.6 is 11.6 Å². The fourth-order valence-electron chi connectivity index (χ4n) is 2.97. The summed E-state index contributed by atoms with van der Waals surface area (Å²) in [7, 11) is 4.57. The summed E-state index contributed by atoms with van der Waals surface area (Å²) in [5.41, 5.74) is 0. The van der Waals surface area contributed by atoms with Gasteiger partial charge in [0.05, 0.1) is 5.25 Å². The molecule has 0 radical (unpaired) electrons. The van der Waals surface area contributed by atoms with E-state index in [2.05, 4.69) is 21.3 Å². The molecule has 0 saturated carbocycles. The van der Waals surface area contributed by atoms with Crippen LogP contribution in [0.25, 0.3) is 0 Å². The first-order valence-corrected chi connectivity index (χ1v) is 12.7. The molecule has 36 heavy (non-hydrogen) atoms. The van der Waals surface area contributed by atoms with Crippen molar-refractivity contribution in [3.63, 3.8) is 0 Å². The zero-order chi connectivity index (χ0) is 26.9. The average Bonchev–Trinajstić information content (AvgIpc) is 3.15. The predicted octanol–water partition coefficient (Wildman–Crippen LogP) is -2.10. The summed E-state index contributed by atoms with van der Waals surface area (Å²) >= 11 is 1.32. The molecule has 4 N–H and O–H groups in total. The van der Waals surface area contributed by atoms with Crippen LogP contribution in [0.15, 0.2) is 0 Å². The highest BCUT2D eigenvalue weighted by Crippen LogP contribution is 2.22. The number of alkyl carbamates (subject to hydrolysis) is 2. The molecule has 0 aliphatic carbocycles. The molecule has 1 aliphatic rings. The molecule has 1 rings (SSSR count). The Hall–Kier alpha value is -3.01. The fraction of sp³-hybridized carbons (Fsp3) is 0.700. The largest absolute Gasteiger partial charge is 0.447 e. The first kappa shape index (κ1) is 31.0. The van der Waals surface area contributed by atoms with Gasteiger partial charge in [0.25, 0.3) is 0 Å². The van der Waals surface area contributed by atoms with Crippen LogP contribution in [-0.4, -0.2) is 113 Å². The van der Waals surface area contributed by atoms with Crippen LogP contribution in [-0.2, 0) is 33.4 Å². The molecular formula is C20H34BN5O9S. The molecule has 1 fully saturated rings. The van der Waals surface area contributed by atoms with Crippen LogP contribution < -0.4 is 21.3 Å². The molecule has 1 saturated heterocycles. The molecule has 1 heterocycles. The smallest absolute Gasteiger partial charge is 0.406 e. The number of ether oxygens (including phenoxy) is 3. The molecule has 14 nitrogen and oxygen atoms in total. The molecule has 1 atom stereocenters. The van der Waals surface area contributed by atoms with Crippen molar-refractivity contribution in [2.24, 2.45) is 0 Å². The van der Waals surface area contributed by atoms with Gasteiger partial charge in [-0.05, 0) is 6.42 Å². The lowest BCUT2D eigenvalue weighted by molar-refractivity contribution is -0.138. The molecular weight excluding hydrogens is 497 g/mol. The van der Waals surface area contributed by atoms with Crippen LogP contribution in [0, 0.1) is 0 Å². The van der Waals surface area contributed by atoms with Gasteiger partial charge in [0.2, 0.25) is 23.6 Å². The Morgan fingerprint density at radius 3 is 2.06 bits per heavy atom. The molecule has 0 bridgehead atoms. The third kappa shape index (κ3) is 12.1. The quantitative estimate of drug-likeness (QED) is 0.0978. The molecule has 16 heteroatoms. The van der Waals surface area contributed by atoms with E-state index in [9.17, 15) is 28.8 Å². The van der Waals surface area contributed by atoms with Gasteiger partial charge in [-0.25, -0.2) is 21.2 Å². The van der Waals surface area contributed by atoms with Crippen molar-refractivity contribution in [1.82, 2.24) is 26.2 Å². The number of hydrogen-bond donors (Lipinski definition) is 4. The van der Waals surface area contributed by atoms with Crippen LogP contribution in [0.1, 0.15) is 25.7 Å². The monoisotopic (exact) mass is 531 g/mol. The zero-order valence-electron chi connectivity index (χ0n) is 20.8. The Kier molecular flexibility index (Phi) is 15.0. The number of amides is 6. The van der Waals surface area contributed by atoms with Gasteiger partial charge in [0, 0.05) is 59.6 Å². The summed E-state index contributed by atoms with van der Waals surface area (Å²) in [6, 6.07) is 0. The fourth-order valence-corrected chi connectivity index (χ4v) is 3.61. The third-order valence-corrected chi connectivity index (χ3v) is 5.87. The summed E-state index contributed by atoms with van der Waals surface area (Å²) in [5.74, 6) is -1.10. The highest BCUT2D eigenvalue weighted by Gasteiger charge is 2.37. The van der Waals surface area contributed by atoms with Gasteiger partial charge in [0.1, 0.15) is 19.3 Å². The van der Waals surface area contributed by atoms with Crippen molar-refractivity contribution in [2.45, 2.75) is 37.0 Å². The van der Waals surface area contributed by atoms with E-state index in [-0.39, 0.29) is 87.6 Å². The lowest BCUT2D eigenvalue weighted by Crippen LogP contribution is -2.38. The van der Waals surface area contributed by atoms with Gasteiger partial charge in [-0.1, -0.05) is 0 Å². The maximum absolute atomic E-state index is 12.0. The summed E-state index contributed by atoms with van der Waals surface area (Å²) in [6.45, 7) is 0.336. The topological polar surface area (TPSA) is 181 Å². The van der Waals surface area contributed by atoms with Crippen molar-refractivity contribution in [2.75, 3.05) is 53.6 Å². The molecule has 202 valence electrons. The van der Waals surface area contributed by atoms with Gasteiger partial charge in [-0.3, -0.25) is 24.1 Å². The lowest BCUT2D eigenvalue weighted by Gasteiger charge is -2.17. The highest BCUT2D eigenvalue weighted by molar-refractivity contribution is 8.20. The van der Waals surface area contributed by atoms with Crippen LogP contribution in [0.4, 0.5) is 9.59 Å². The van der Waals surface area contributed by atoms with Crippen LogP contribution in [0.5, 0.6) is 0 Å². The number of nitrogens with one attached hydrogen (secondary N) is 4. The number of carbonyl (C=O) groups is 6. The first-order chi connectivity index (χ1) is 17.2. The van der Waals surface area contributed by atoms with Gasteiger partial charge >= 0.3 is 12.2 Å². The minimum absolute atomic E-state index is 0.00169. The van der Waals surface area contributed by atoms with E-state index in [1.54, 1.807) is 7.12 Å². The molecule has 6 amide bonds. The van der Waals surface area contributed by atoms with E-state index in [1.165, 1.54) is 25.7 Å². The van der Waals surface area contributed by atoms with E-state index in [0.29, 0.717) is 6.42 Å². The number of nitrogens with zero attached hydrogens (tertiary/aromatic N) is 1. The Labute approximate surface area is 214 Å². The lowest BCUT2D eigenvalue weighted by atomic mass is 10.3. The van der Waals surface area contributed by atoms with Crippen LogP contribution in [0.2, 0.25) is 0 Å².